The number of rotatable bonds is 5. The molecule has 0 N–H and O–H groups in total. The molecule has 5 atom stereocenters. The van der Waals surface area contributed by atoms with E-state index in [9.17, 15) is 4.79 Å². The molecule has 0 aromatic rings. The maximum absolute atomic E-state index is 11.7. The van der Waals surface area contributed by atoms with Crippen LogP contribution in [0, 0.1) is 28.1 Å². The molecule has 27 heavy (non-hydrogen) atoms. The lowest BCUT2D eigenvalue weighted by Gasteiger charge is -2.59. The van der Waals surface area contributed by atoms with E-state index in [2.05, 4.69) is 45.6 Å². The van der Waals surface area contributed by atoms with Crippen LogP contribution in [0.2, 0.25) is 0 Å². The molecule has 0 aromatic carbocycles. The topological polar surface area (TPSA) is 26.3 Å². The van der Waals surface area contributed by atoms with Crippen molar-refractivity contribution < 1.29 is 9.53 Å². The first-order valence-corrected chi connectivity index (χ1v) is 10.9. The van der Waals surface area contributed by atoms with Crippen molar-refractivity contribution in [3.05, 3.63) is 36.5 Å². The zero-order valence-electron chi connectivity index (χ0n) is 17.9. The Morgan fingerprint density at radius 1 is 1.30 bits per heavy atom. The third-order valence-corrected chi connectivity index (χ3v) is 8.08. The molecule has 3 rings (SSSR count). The summed E-state index contributed by atoms with van der Waals surface area (Å²) < 4.78 is 5.05. The molecule has 0 heterocycles. The fourth-order valence-electron chi connectivity index (χ4n) is 6.61. The van der Waals surface area contributed by atoms with Crippen LogP contribution in [-0.2, 0) is 9.53 Å². The summed E-state index contributed by atoms with van der Waals surface area (Å²) in [6.07, 6.45) is 18.4. The first-order chi connectivity index (χ1) is 12.8. The monoisotopic (exact) mass is 370 g/mol. The quantitative estimate of drug-likeness (QED) is 0.308. The predicted octanol–water partition coefficient (Wildman–Crippen LogP) is 6.63. The molecule has 0 radical (unpaired) electrons. The van der Waals surface area contributed by atoms with Crippen molar-refractivity contribution >= 4 is 5.97 Å². The van der Waals surface area contributed by atoms with Gasteiger partial charge in [0.1, 0.15) is 0 Å². The van der Waals surface area contributed by atoms with E-state index < -0.39 is 0 Å². The van der Waals surface area contributed by atoms with Gasteiger partial charge >= 0.3 is 5.97 Å². The zero-order valence-corrected chi connectivity index (χ0v) is 17.9. The van der Waals surface area contributed by atoms with Gasteiger partial charge in [0.25, 0.3) is 0 Å². The molecule has 0 amide bonds. The molecule has 0 saturated heterocycles. The predicted molar refractivity (Wildman–Crippen MR) is 112 cm³/mol. The normalized spacial score (nSPS) is 41.4. The van der Waals surface area contributed by atoms with Crippen LogP contribution in [0.15, 0.2) is 36.5 Å². The van der Waals surface area contributed by atoms with Crippen molar-refractivity contribution in [1.82, 2.24) is 0 Å². The van der Waals surface area contributed by atoms with Gasteiger partial charge in [-0.2, -0.15) is 0 Å². The van der Waals surface area contributed by atoms with Crippen LogP contribution < -0.4 is 0 Å². The second-order valence-electron chi connectivity index (χ2n) is 10.0. The molecule has 0 aliphatic heterocycles. The lowest BCUT2D eigenvalue weighted by Crippen LogP contribution is -2.49. The Morgan fingerprint density at radius 3 is 2.78 bits per heavy atom. The summed E-state index contributed by atoms with van der Waals surface area (Å²) in [4.78, 5) is 11.7. The smallest absolute Gasteiger partial charge is 0.330 e. The molecule has 0 bridgehead atoms. The molecule has 2 saturated carbocycles. The van der Waals surface area contributed by atoms with Crippen LogP contribution in [0.25, 0.3) is 0 Å². The first-order valence-electron chi connectivity index (χ1n) is 10.9. The second-order valence-corrected chi connectivity index (χ2v) is 10.0. The van der Waals surface area contributed by atoms with Gasteiger partial charge in [-0.3, -0.25) is 0 Å². The largest absolute Gasteiger partial charge is 0.463 e. The zero-order chi connectivity index (χ0) is 19.7. The maximum atomic E-state index is 11.7. The van der Waals surface area contributed by atoms with E-state index in [4.69, 9.17) is 4.74 Å². The lowest BCUT2D eigenvalue weighted by molar-refractivity contribution is -0.137. The maximum Gasteiger partial charge on any atom is 0.330 e. The van der Waals surface area contributed by atoms with Crippen molar-refractivity contribution in [3.8, 4) is 0 Å². The van der Waals surface area contributed by atoms with Crippen molar-refractivity contribution in [3.63, 3.8) is 0 Å². The number of fused-ring (bicyclic) bond motifs is 3. The molecule has 2 unspecified atom stereocenters. The lowest BCUT2D eigenvalue weighted by atomic mass is 9.45. The molecular formula is C25H38O2. The van der Waals surface area contributed by atoms with Crippen LogP contribution in [0.5, 0.6) is 0 Å². The van der Waals surface area contributed by atoms with Crippen LogP contribution >= 0.6 is 0 Å². The average Bonchev–Trinajstić information content (AvgIpc) is 2.61. The van der Waals surface area contributed by atoms with Gasteiger partial charge in [-0.25, -0.2) is 4.79 Å². The fraction of sp³-hybridized carbons (Fsp3) is 0.720. The van der Waals surface area contributed by atoms with Gasteiger partial charge in [0.05, 0.1) is 6.61 Å². The SMILES string of the molecule is C=C[C@@]1(C)CC=C2C(CCC3[C@](C)(C/C=C/C(=O)OCC)CCC[C@@]23C)C1. The van der Waals surface area contributed by atoms with Crippen LogP contribution in [0.3, 0.4) is 0 Å². The van der Waals surface area contributed by atoms with Gasteiger partial charge in [0, 0.05) is 6.08 Å². The van der Waals surface area contributed by atoms with Gasteiger partial charge in [-0.15, -0.1) is 6.58 Å². The fourth-order valence-corrected chi connectivity index (χ4v) is 6.61. The molecule has 150 valence electrons. The first kappa shape index (κ1) is 20.4. The molecule has 3 aliphatic rings. The minimum Gasteiger partial charge on any atom is -0.463 e. The van der Waals surface area contributed by atoms with E-state index in [0.717, 1.165) is 18.8 Å². The summed E-state index contributed by atoms with van der Waals surface area (Å²) in [6.45, 7) is 13.8. The van der Waals surface area contributed by atoms with Gasteiger partial charge in [0.15, 0.2) is 0 Å². The summed E-state index contributed by atoms with van der Waals surface area (Å²) in [5.41, 5.74) is 2.63. The van der Waals surface area contributed by atoms with E-state index >= 15 is 0 Å². The van der Waals surface area contributed by atoms with Gasteiger partial charge in [-0.1, -0.05) is 51.0 Å². The van der Waals surface area contributed by atoms with Gasteiger partial charge in [-0.05, 0) is 80.0 Å². The molecule has 0 aromatic heterocycles. The highest BCUT2D eigenvalue weighted by Gasteiger charge is 2.54. The van der Waals surface area contributed by atoms with Crippen LogP contribution in [0.1, 0.15) is 79.1 Å². The van der Waals surface area contributed by atoms with Gasteiger partial charge in [0.2, 0.25) is 0 Å². The summed E-state index contributed by atoms with van der Waals surface area (Å²) in [7, 11) is 0. The van der Waals surface area contributed by atoms with Crippen molar-refractivity contribution in [2.45, 2.75) is 79.1 Å². The summed E-state index contributed by atoms with van der Waals surface area (Å²) in [5.74, 6) is 1.24. The molecule has 2 fully saturated rings. The van der Waals surface area contributed by atoms with E-state index in [0.29, 0.717) is 17.9 Å². The Balaban J connectivity index is 1.81. The van der Waals surface area contributed by atoms with E-state index in [1.807, 2.05) is 6.92 Å². The third kappa shape index (κ3) is 3.82. The summed E-state index contributed by atoms with van der Waals surface area (Å²) >= 11 is 0. The average molecular weight is 371 g/mol. The highest BCUT2D eigenvalue weighted by molar-refractivity contribution is 5.81. The van der Waals surface area contributed by atoms with Gasteiger partial charge < -0.3 is 4.74 Å². The number of ether oxygens (including phenoxy) is 1. The van der Waals surface area contributed by atoms with Crippen molar-refractivity contribution in [2.24, 2.45) is 28.1 Å². The van der Waals surface area contributed by atoms with Crippen molar-refractivity contribution in [2.75, 3.05) is 6.61 Å². The van der Waals surface area contributed by atoms with Crippen molar-refractivity contribution in [1.29, 1.82) is 0 Å². The molecule has 3 aliphatic carbocycles. The molecule has 2 nitrogen and oxygen atoms in total. The molecule has 0 spiro atoms. The number of allylic oxidation sites excluding steroid dienone is 4. The Kier molecular flexibility index (Phi) is 5.75. The molecular weight excluding hydrogens is 332 g/mol. The van der Waals surface area contributed by atoms with Crippen LogP contribution in [0.4, 0.5) is 0 Å². The number of carbonyl (C=O) groups is 1. The highest BCUT2D eigenvalue weighted by Crippen LogP contribution is 2.64. The Hall–Kier alpha value is -1.31. The third-order valence-electron chi connectivity index (χ3n) is 8.08. The Bertz CT molecular complexity index is 645. The summed E-state index contributed by atoms with van der Waals surface area (Å²) in [6, 6.07) is 0. The highest BCUT2D eigenvalue weighted by atomic mass is 16.5. The number of hydrogen-bond acceptors (Lipinski definition) is 2. The Morgan fingerprint density at radius 2 is 2.07 bits per heavy atom. The Labute approximate surface area is 166 Å². The number of carbonyl (C=O) groups excluding carboxylic acids is 1. The molecule has 2 heteroatoms. The minimum absolute atomic E-state index is 0.206. The van der Waals surface area contributed by atoms with E-state index in [1.165, 1.54) is 38.5 Å². The van der Waals surface area contributed by atoms with E-state index in [-0.39, 0.29) is 16.8 Å². The number of esters is 1. The number of hydrogen-bond donors (Lipinski definition) is 0. The van der Waals surface area contributed by atoms with Crippen LogP contribution in [-0.4, -0.2) is 12.6 Å². The summed E-state index contributed by atoms with van der Waals surface area (Å²) in [5, 5.41) is 0. The second kappa shape index (κ2) is 7.60. The minimum atomic E-state index is -0.206. The van der Waals surface area contributed by atoms with E-state index in [1.54, 1.807) is 11.6 Å². The standard InChI is InChI=1S/C25H38O2/c1-6-23(3)17-13-20-19(18-23)11-12-21-24(4,15-9-16-25(20,21)5)14-8-10-22(26)27-7-2/h6,8,10,13,19,21H,1,7,9,11-12,14-18H2,2-5H3/b10-8+/t19?,21?,23-,24+,25-/m0/s1.